The van der Waals surface area contributed by atoms with Crippen LogP contribution in [0.4, 0.5) is 10.1 Å². The van der Waals surface area contributed by atoms with Gasteiger partial charge in [-0.3, -0.25) is 4.72 Å². The molecule has 0 spiro atoms. The first kappa shape index (κ1) is 23.1. The number of halogens is 1. The zero-order valence-corrected chi connectivity index (χ0v) is 19.2. The first-order chi connectivity index (χ1) is 16.3. The van der Waals surface area contributed by atoms with E-state index in [1.165, 1.54) is 33.5 Å². The lowest BCUT2D eigenvalue weighted by Crippen LogP contribution is -2.12. The largest absolute Gasteiger partial charge is 0.493 e. The van der Waals surface area contributed by atoms with Crippen molar-refractivity contribution in [2.75, 3.05) is 26.1 Å². The molecule has 9 nitrogen and oxygen atoms in total. The normalized spacial score (nSPS) is 11.2. The zero-order valence-electron chi connectivity index (χ0n) is 18.4. The average Bonchev–Trinajstić information content (AvgIpc) is 3.34. The Morgan fingerprint density at radius 3 is 2.03 bits per heavy atom. The fourth-order valence-corrected chi connectivity index (χ4v) is 4.24. The van der Waals surface area contributed by atoms with E-state index >= 15 is 0 Å². The summed E-state index contributed by atoms with van der Waals surface area (Å²) in [5.74, 6) is 1.33. The minimum absolute atomic E-state index is 0.0499. The van der Waals surface area contributed by atoms with E-state index < -0.39 is 15.8 Å². The number of nitrogens with zero attached hydrogens (tertiary/aromatic N) is 2. The highest BCUT2D eigenvalue weighted by atomic mass is 32.2. The van der Waals surface area contributed by atoms with E-state index in [1.54, 1.807) is 36.4 Å². The summed E-state index contributed by atoms with van der Waals surface area (Å²) in [4.78, 5) is 4.36. The van der Waals surface area contributed by atoms with Gasteiger partial charge >= 0.3 is 0 Å². The van der Waals surface area contributed by atoms with Gasteiger partial charge in [0.2, 0.25) is 11.6 Å². The molecule has 0 unspecified atom stereocenters. The van der Waals surface area contributed by atoms with Crippen LogP contribution in [0, 0.1) is 5.82 Å². The van der Waals surface area contributed by atoms with Crippen LogP contribution in [0.15, 0.2) is 70.1 Å². The SMILES string of the molecule is COc1cc(-c2nc(-c3ccc(NS(=O)(=O)c4ccc(F)cc4)cc3)no2)cc(OC)c1OC. The van der Waals surface area contributed by atoms with Crippen LogP contribution in [0.3, 0.4) is 0 Å². The number of hydrogen-bond acceptors (Lipinski definition) is 8. The molecule has 0 saturated heterocycles. The van der Waals surface area contributed by atoms with E-state index in [0.29, 0.717) is 39.9 Å². The molecule has 176 valence electrons. The van der Waals surface area contributed by atoms with Crippen LogP contribution in [0.1, 0.15) is 0 Å². The summed E-state index contributed by atoms with van der Waals surface area (Å²) in [6, 6.07) is 14.3. The second kappa shape index (κ2) is 9.40. The number of aromatic nitrogens is 2. The van der Waals surface area contributed by atoms with Gasteiger partial charge in [0.25, 0.3) is 15.9 Å². The lowest BCUT2D eigenvalue weighted by Gasteiger charge is -2.12. The molecule has 1 heterocycles. The van der Waals surface area contributed by atoms with Crippen LogP contribution in [0.5, 0.6) is 17.2 Å². The van der Waals surface area contributed by atoms with Gasteiger partial charge in [-0.05, 0) is 60.7 Å². The van der Waals surface area contributed by atoms with Crippen molar-refractivity contribution in [3.63, 3.8) is 0 Å². The summed E-state index contributed by atoms with van der Waals surface area (Å²) < 4.78 is 61.9. The van der Waals surface area contributed by atoms with E-state index in [-0.39, 0.29) is 10.8 Å². The lowest BCUT2D eigenvalue weighted by atomic mass is 10.1. The van der Waals surface area contributed by atoms with Crippen LogP contribution in [0.25, 0.3) is 22.8 Å². The van der Waals surface area contributed by atoms with Crippen LogP contribution >= 0.6 is 0 Å². The second-order valence-electron chi connectivity index (χ2n) is 6.97. The predicted molar refractivity (Wildman–Crippen MR) is 122 cm³/mol. The molecule has 0 saturated carbocycles. The maximum absolute atomic E-state index is 13.1. The monoisotopic (exact) mass is 485 g/mol. The Labute approximate surface area is 195 Å². The van der Waals surface area contributed by atoms with Gasteiger partial charge in [-0.2, -0.15) is 4.98 Å². The van der Waals surface area contributed by atoms with Gasteiger partial charge < -0.3 is 18.7 Å². The zero-order chi connectivity index (χ0) is 24.3. The van der Waals surface area contributed by atoms with E-state index in [2.05, 4.69) is 14.9 Å². The molecule has 11 heteroatoms. The second-order valence-corrected chi connectivity index (χ2v) is 8.66. The summed E-state index contributed by atoms with van der Waals surface area (Å²) >= 11 is 0. The van der Waals surface area contributed by atoms with E-state index in [9.17, 15) is 12.8 Å². The molecule has 34 heavy (non-hydrogen) atoms. The quantitative estimate of drug-likeness (QED) is 0.392. The van der Waals surface area contributed by atoms with E-state index in [4.69, 9.17) is 18.7 Å². The van der Waals surface area contributed by atoms with Crippen LogP contribution < -0.4 is 18.9 Å². The topological polar surface area (TPSA) is 113 Å². The van der Waals surface area contributed by atoms with Gasteiger partial charge in [-0.1, -0.05) is 5.16 Å². The van der Waals surface area contributed by atoms with Crippen LogP contribution in [-0.4, -0.2) is 39.9 Å². The molecule has 0 fully saturated rings. The first-order valence-electron chi connectivity index (χ1n) is 9.87. The highest BCUT2D eigenvalue weighted by molar-refractivity contribution is 7.92. The van der Waals surface area contributed by atoms with Crippen molar-refractivity contribution in [1.82, 2.24) is 10.1 Å². The van der Waals surface area contributed by atoms with Crippen molar-refractivity contribution in [3.8, 4) is 40.1 Å². The molecule has 1 aromatic heterocycles. The molecule has 4 rings (SSSR count). The Morgan fingerprint density at radius 1 is 0.853 bits per heavy atom. The van der Waals surface area contributed by atoms with Gasteiger partial charge in [-0.15, -0.1) is 0 Å². The highest BCUT2D eigenvalue weighted by Crippen LogP contribution is 2.41. The molecule has 3 aromatic carbocycles. The van der Waals surface area contributed by atoms with Gasteiger partial charge in [0.1, 0.15) is 5.82 Å². The van der Waals surface area contributed by atoms with Crippen molar-refractivity contribution < 1.29 is 31.5 Å². The van der Waals surface area contributed by atoms with Gasteiger partial charge in [0.05, 0.1) is 26.2 Å². The summed E-state index contributed by atoms with van der Waals surface area (Å²) in [6.07, 6.45) is 0. The molecular formula is C23H20FN3O6S. The Kier molecular flexibility index (Phi) is 6.37. The van der Waals surface area contributed by atoms with Crippen LogP contribution in [0.2, 0.25) is 0 Å². The lowest BCUT2D eigenvalue weighted by molar-refractivity contribution is 0.324. The molecule has 4 aromatic rings. The Bertz CT molecular complexity index is 1380. The van der Waals surface area contributed by atoms with Crippen LogP contribution in [-0.2, 0) is 10.0 Å². The molecule has 0 bridgehead atoms. The Morgan fingerprint density at radius 2 is 1.47 bits per heavy atom. The number of benzene rings is 3. The number of rotatable bonds is 8. The number of nitrogens with one attached hydrogen (secondary N) is 1. The molecular weight excluding hydrogens is 465 g/mol. The third-order valence-corrected chi connectivity index (χ3v) is 6.25. The number of anilines is 1. The summed E-state index contributed by atoms with van der Waals surface area (Å²) in [5, 5.41) is 4.00. The van der Waals surface area contributed by atoms with Crippen molar-refractivity contribution in [2.24, 2.45) is 0 Å². The van der Waals surface area contributed by atoms with Crippen molar-refractivity contribution in [2.45, 2.75) is 4.90 Å². The first-order valence-corrected chi connectivity index (χ1v) is 11.4. The number of sulfonamides is 1. The Hall–Kier alpha value is -4.12. The van der Waals surface area contributed by atoms with Crippen molar-refractivity contribution >= 4 is 15.7 Å². The standard InChI is InChI=1S/C23H20FN3O6S/c1-30-19-12-15(13-20(31-2)21(19)32-3)23-25-22(26-33-23)14-4-8-17(9-5-14)27-34(28,29)18-10-6-16(24)7-11-18/h4-13,27H,1-3H3. The Balaban J connectivity index is 1.56. The van der Waals surface area contributed by atoms with E-state index in [0.717, 1.165) is 12.1 Å². The molecule has 0 aliphatic rings. The molecule has 0 atom stereocenters. The van der Waals surface area contributed by atoms with Crippen molar-refractivity contribution in [1.29, 1.82) is 0 Å². The maximum Gasteiger partial charge on any atom is 0.261 e. The minimum Gasteiger partial charge on any atom is -0.493 e. The molecule has 0 aliphatic carbocycles. The predicted octanol–water partition coefficient (Wildman–Crippen LogP) is 4.37. The number of hydrogen-bond donors (Lipinski definition) is 1. The number of methoxy groups -OCH3 is 3. The fourth-order valence-electron chi connectivity index (χ4n) is 3.18. The fraction of sp³-hybridized carbons (Fsp3) is 0.130. The summed E-state index contributed by atoms with van der Waals surface area (Å²) in [7, 11) is 0.662. The highest BCUT2D eigenvalue weighted by Gasteiger charge is 2.19. The summed E-state index contributed by atoms with van der Waals surface area (Å²) in [5.41, 5.74) is 1.49. The average molecular weight is 485 g/mol. The molecule has 0 aliphatic heterocycles. The minimum atomic E-state index is -3.86. The van der Waals surface area contributed by atoms with E-state index in [1.807, 2.05) is 0 Å². The van der Waals surface area contributed by atoms with Gasteiger partial charge in [-0.25, -0.2) is 12.8 Å². The molecule has 0 amide bonds. The van der Waals surface area contributed by atoms with Gasteiger partial charge in [0.15, 0.2) is 11.5 Å². The third kappa shape index (κ3) is 4.64. The third-order valence-electron chi connectivity index (χ3n) is 4.86. The smallest absolute Gasteiger partial charge is 0.261 e. The summed E-state index contributed by atoms with van der Waals surface area (Å²) in [6.45, 7) is 0. The van der Waals surface area contributed by atoms with Crippen molar-refractivity contribution in [3.05, 3.63) is 66.5 Å². The van der Waals surface area contributed by atoms with Gasteiger partial charge in [0, 0.05) is 16.8 Å². The maximum atomic E-state index is 13.1. The number of ether oxygens (including phenoxy) is 3. The molecule has 1 N–H and O–H groups in total. The molecule has 0 radical (unpaired) electrons.